The predicted molar refractivity (Wildman–Crippen MR) is 88.4 cm³/mol. The molecule has 0 aliphatic rings. The first-order chi connectivity index (χ1) is 8.85. The molecule has 3 nitrogen and oxygen atoms in total. The Morgan fingerprint density at radius 3 is 1.80 bits per heavy atom. The highest BCUT2D eigenvalue weighted by atomic mass is 28.4. The normalized spacial score (nSPS) is 21.1. The summed E-state index contributed by atoms with van der Waals surface area (Å²) in [4.78, 5) is 0. The topological polar surface area (TPSA) is 49.7 Å². The standard InChI is InChI=1S/C16H36O3Si/c1-10-11(2)15(12(3)14(18)13(4)17)19-20(8,9)16(5,6)7/h11-15,17-18H,10H2,1-9H3/t11-,12-,13-,14?,15+/m0/s1. The second-order valence-electron chi connectivity index (χ2n) is 7.82. The van der Waals surface area contributed by atoms with E-state index in [0.717, 1.165) is 6.42 Å². The van der Waals surface area contributed by atoms with Gasteiger partial charge in [0.1, 0.15) is 0 Å². The van der Waals surface area contributed by atoms with Crippen molar-refractivity contribution in [2.24, 2.45) is 11.8 Å². The van der Waals surface area contributed by atoms with E-state index in [1.54, 1.807) is 6.92 Å². The second-order valence-corrected chi connectivity index (χ2v) is 12.6. The summed E-state index contributed by atoms with van der Waals surface area (Å²) >= 11 is 0. The number of aliphatic hydroxyl groups excluding tert-OH is 2. The van der Waals surface area contributed by atoms with Gasteiger partial charge in [-0.1, -0.05) is 48.0 Å². The van der Waals surface area contributed by atoms with E-state index in [1.165, 1.54) is 0 Å². The third-order valence-corrected chi connectivity index (χ3v) is 9.47. The predicted octanol–water partition coefficient (Wildman–Crippen LogP) is 3.80. The van der Waals surface area contributed by atoms with Gasteiger partial charge >= 0.3 is 0 Å². The lowest BCUT2D eigenvalue weighted by atomic mass is 9.86. The van der Waals surface area contributed by atoms with E-state index >= 15 is 0 Å². The van der Waals surface area contributed by atoms with Crippen LogP contribution in [-0.4, -0.2) is 36.8 Å². The Kier molecular flexibility index (Phi) is 7.42. The van der Waals surface area contributed by atoms with E-state index < -0.39 is 20.5 Å². The highest BCUT2D eigenvalue weighted by Crippen LogP contribution is 2.39. The van der Waals surface area contributed by atoms with Gasteiger partial charge in [0.25, 0.3) is 0 Å². The Bertz CT molecular complexity index is 284. The van der Waals surface area contributed by atoms with Gasteiger partial charge in [0.2, 0.25) is 0 Å². The van der Waals surface area contributed by atoms with Crippen LogP contribution in [0.3, 0.4) is 0 Å². The quantitative estimate of drug-likeness (QED) is 0.703. The summed E-state index contributed by atoms with van der Waals surface area (Å²) in [5, 5.41) is 20.0. The molecule has 0 heterocycles. The van der Waals surface area contributed by atoms with Gasteiger partial charge in [-0.2, -0.15) is 0 Å². The van der Waals surface area contributed by atoms with Crippen LogP contribution in [0, 0.1) is 11.8 Å². The van der Waals surface area contributed by atoms with Crippen molar-refractivity contribution in [3.05, 3.63) is 0 Å². The van der Waals surface area contributed by atoms with Gasteiger partial charge in [-0.05, 0) is 31.0 Å². The molecule has 0 radical (unpaired) electrons. The van der Waals surface area contributed by atoms with Gasteiger partial charge in [-0.25, -0.2) is 0 Å². The lowest BCUT2D eigenvalue weighted by molar-refractivity contribution is -0.0541. The Labute approximate surface area is 126 Å². The SMILES string of the molecule is CC[C@H](C)[C@@H](O[Si](C)(C)C(C)(C)C)[C@@H](C)C(O)[C@H](C)O. The zero-order valence-corrected chi connectivity index (χ0v) is 15.9. The molecule has 0 aromatic rings. The van der Waals surface area contributed by atoms with Crippen LogP contribution >= 0.6 is 0 Å². The molecule has 0 amide bonds. The van der Waals surface area contributed by atoms with E-state index in [0.29, 0.717) is 5.92 Å². The van der Waals surface area contributed by atoms with E-state index in [2.05, 4.69) is 47.7 Å². The van der Waals surface area contributed by atoms with Gasteiger partial charge in [-0.3, -0.25) is 0 Å². The van der Waals surface area contributed by atoms with Crippen molar-refractivity contribution in [2.45, 2.75) is 91.3 Å². The van der Waals surface area contributed by atoms with Crippen LogP contribution in [0.5, 0.6) is 0 Å². The maximum atomic E-state index is 10.2. The number of aliphatic hydroxyl groups is 2. The summed E-state index contributed by atoms with van der Waals surface area (Å²) in [7, 11) is -1.88. The molecule has 0 aromatic carbocycles. The monoisotopic (exact) mass is 304 g/mol. The number of rotatable bonds is 7. The van der Waals surface area contributed by atoms with Crippen molar-refractivity contribution in [1.82, 2.24) is 0 Å². The third kappa shape index (κ3) is 5.13. The largest absolute Gasteiger partial charge is 0.413 e. The van der Waals surface area contributed by atoms with Gasteiger partial charge < -0.3 is 14.6 Å². The summed E-state index contributed by atoms with van der Waals surface area (Å²) in [6, 6.07) is 0. The molecular formula is C16H36O3Si. The highest BCUT2D eigenvalue weighted by molar-refractivity contribution is 6.74. The van der Waals surface area contributed by atoms with Crippen LogP contribution in [0.1, 0.15) is 54.9 Å². The molecule has 2 N–H and O–H groups in total. The molecule has 0 saturated carbocycles. The molecule has 0 aromatic heterocycles. The average Bonchev–Trinajstić information content (AvgIpc) is 2.31. The Morgan fingerprint density at radius 2 is 1.50 bits per heavy atom. The van der Waals surface area contributed by atoms with Crippen LogP contribution < -0.4 is 0 Å². The van der Waals surface area contributed by atoms with Gasteiger partial charge in [0, 0.05) is 5.92 Å². The maximum Gasteiger partial charge on any atom is 0.192 e. The first-order valence-corrected chi connectivity index (χ1v) is 10.8. The lowest BCUT2D eigenvalue weighted by Crippen LogP contribution is -2.50. The molecule has 0 bridgehead atoms. The first kappa shape index (κ1) is 20.1. The zero-order chi connectivity index (χ0) is 16.3. The molecule has 20 heavy (non-hydrogen) atoms. The lowest BCUT2D eigenvalue weighted by Gasteiger charge is -2.44. The Balaban J connectivity index is 5.19. The van der Waals surface area contributed by atoms with Crippen molar-refractivity contribution in [1.29, 1.82) is 0 Å². The average molecular weight is 305 g/mol. The van der Waals surface area contributed by atoms with Crippen molar-refractivity contribution in [3.63, 3.8) is 0 Å². The van der Waals surface area contributed by atoms with Crippen LogP contribution in [0.15, 0.2) is 0 Å². The van der Waals surface area contributed by atoms with Gasteiger partial charge in [0.15, 0.2) is 8.32 Å². The molecule has 0 rings (SSSR count). The second kappa shape index (κ2) is 7.39. The van der Waals surface area contributed by atoms with Gasteiger partial charge in [0.05, 0.1) is 18.3 Å². The van der Waals surface area contributed by atoms with Crippen LogP contribution in [0.4, 0.5) is 0 Å². The Hall–Kier alpha value is 0.0969. The van der Waals surface area contributed by atoms with E-state index in [4.69, 9.17) is 4.43 Å². The van der Waals surface area contributed by atoms with Crippen LogP contribution in [0.2, 0.25) is 18.1 Å². The minimum atomic E-state index is -1.88. The zero-order valence-electron chi connectivity index (χ0n) is 14.9. The molecule has 4 heteroatoms. The fourth-order valence-electron chi connectivity index (χ4n) is 2.12. The fourth-order valence-corrected chi connectivity index (χ4v) is 3.61. The molecule has 0 saturated heterocycles. The van der Waals surface area contributed by atoms with Gasteiger partial charge in [-0.15, -0.1) is 0 Å². The smallest absolute Gasteiger partial charge is 0.192 e. The van der Waals surface area contributed by atoms with Crippen molar-refractivity contribution in [3.8, 4) is 0 Å². The minimum absolute atomic E-state index is 0.00880. The van der Waals surface area contributed by atoms with E-state index in [1.807, 2.05) is 6.92 Å². The number of hydrogen-bond acceptors (Lipinski definition) is 3. The van der Waals surface area contributed by atoms with Crippen LogP contribution in [0.25, 0.3) is 0 Å². The minimum Gasteiger partial charge on any atom is -0.413 e. The summed E-state index contributed by atoms with van der Waals surface area (Å²) in [5.74, 6) is 0.298. The molecule has 5 atom stereocenters. The Morgan fingerprint density at radius 1 is 1.05 bits per heavy atom. The molecule has 0 spiro atoms. The molecule has 0 fully saturated rings. The highest BCUT2D eigenvalue weighted by Gasteiger charge is 2.42. The van der Waals surface area contributed by atoms with E-state index in [9.17, 15) is 10.2 Å². The van der Waals surface area contributed by atoms with Crippen molar-refractivity contribution >= 4 is 8.32 Å². The maximum absolute atomic E-state index is 10.2. The molecular weight excluding hydrogens is 268 g/mol. The molecule has 1 unspecified atom stereocenters. The molecule has 0 aliphatic heterocycles. The van der Waals surface area contributed by atoms with Crippen LogP contribution in [-0.2, 0) is 4.43 Å². The van der Waals surface area contributed by atoms with E-state index in [-0.39, 0.29) is 17.1 Å². The molecule has 122 valence electrons. The van der Waals surface area contributed by atoms with Crippen molar-refractivity contribution in [2.75, 3.05) is 0 Å². The summed E-state index contributed by atoms with van der Waals surface area (Å²) in [5.41, 5.74) is 0. The summed E-state index contributed by atoms with van der Waals surface area (Å²) < 4.78 is 6.56. The third-order valence-electron chi connectivity index (χ3n) is 4.99. The number of hydrogen-bond donors (Lipinski definition) is 2. The first-order valence-electron chi connectivity index (χ1n) is 7.89. The fraction of sp³-hybridized carbons (Fsp3) is 1.00. The van der Waals surface area contributed by atoms with Crippen molar-refractivity contribution < 1.29 is 14.6 Å². The summed E-state index contributed by atoms with van der Waals surface area (Å²) in [6.07, 6.45) is -0.459. The molecule has 0 aliphatic carbocycles. The summed E-state index contributed by atoms with van der Waals surface area (Å²) in [6.45, 7) is 19.1.